The number of nitrogens with two attached hydrogens (primary N) is 1. The van der Waals surface area contributed by atoms with Crippen molar-refractivity contribution in [1.82, 2.24) is 25.6 Å². The molecule has 0 atom stereocenters. The maximum atomic E-state index is 12.6. The normalized spacial score (nSPS) is 10.3. The molecule has 3 heterocycles. The molecule has 95 heavy (non-hydrogen) atoms. The number of ether oxygens (including phenoxy) is 3. The van der Waals surface area contributed by atoms with Gasteiger partial charge in [-0.25, -0.2) is 24.0 Å². The third-order valence-electron chi connectivity index (χ3n) is 14.7. The maximum Gasteiger partial charge on any atom is 1.00 e. The number of carbonyl (C=O) groups is 6. The van der Waals surface area contributed by atoms with Gasteiger partial charge < -0.3 is 66.3 Å². The number of aryl methyl sites for hydroxylation is 3. The van der Waals surface area contributed by atoms with Crippen molar-refractivity contribution < 1.29 is 117 Å². The van der Waals surface area contributed by atoms with Gasteiger partial charge >= 0.3 is 81.5 Å². The van der Waals surface area contributed by atoms with Crippen LogP contribution in [0.5, 0.6) is 0 Å². The van der Waals surface area contributed by atoms with Gasteiger partial charge in [0, 0.05) is 54.1 Å². The first kappa shape index (κ1) is 76.1. The number of amides is 2. The summed E-state index contributed by atoms with van der Waals surface area (Å²) >= 11 is 0. The summed E-state index contributed by atoms with van der Waals surface area (Å²) in [6, 6.07) is 67.2. The van der Waals surface area contributed by atoms with E-state index in [0.29, 0.717) is 64.0 Å². The van der Waals surface area contributed by atoms with Crippen LogP contribution < -0.4 is 67.8 Å². The minimum atomic E-state index is -0.993. The molecule has 20 heteroatoms. The first-order chi connectivity index (χ1) is 44.7. The standard InChI is InChI=1S/C28H28N2O4.C26H24N2O4.C18H18N2O2.C2H4O2.CH4.K.H2O.H2/c1-2-33-27(31)26-23(14-9-17-29-28(32)34-19-20-10-5-3-6-11-20)24-18-22(15-16-25(24)30-26)21-12-7-4-8-13-21;29-25(30)24-21(12-7-15-27-26(31)32-17-18-8-3-1-4-9-18)22-16-20(13-14-23(22)28-24)19-10-5-2-6-11-19;19-10-4-7-14-15-11-13(12-5-2-1-3-6-12)8-9-16(15)20-17(14)18(21)22;1-2(3)4;;;;/h3-8,10-13,15-16,18,30H,2,9,14,17,19H2,1H3,(H,29,32);1-6,8-11,13-14,16,28H,7,12,15,17H2,(H,27,31)(H,29,30);1-3,5-6,8-9,11,20H,4,7,10,19H2,(H,21,22);1H3,(H,3,4);1H4;;1H2;1H/q;;;;;+1;;/p-1. The Balaban J connectivity index is 0.000000297. The zero-order valence-electron chi connectivity index (χ0n) is 52.7. The number of esters is 1. The van der Waals surface area contributed by atoms with Crippen molar-refractivity contribution in [3.05, 3.63) is 251 Å². The number of fused-ring (bicyclic) bond motifs is 3. The average molecular weight is 1310 g/mol. The van der Waals surface area contributed by atoms with Gasteiger partial charge in [-0.15, -0.1) is 0 Å². The summed E-state index contributed by atoms with van der Waals surface area (Å²) in [5.74, 6) is -3.12. The van der Waals surface area contributed by atoms with Crippen LogP contribution in [-0.2, 0) is 51.5 Å². The van der Waals surface area contributed by atoms with E-state index >= 15 is 0 Å². The smallest absolute Gasteiger partial charge is 0.870 e. The molecule has 0 saturated heterocycles. The summed E-state index contributed by atoms with van der Waals surface area (Å²) in [5, 5.41) is 34.8. The van der Waals surface area contributed by atoms with Gasteiger partial charge in [0.15, 0.2) is 0 Å². The van der Waals surface area contributed by atoms with Crippen LogP contribution >= 0.6 is 0 Å². The molecule has 2 amide bonds. The molecule has 11 N–H and O–H groups in total. The largest absolute Gasteiger partial charge is 1.00 e. The minimum absolute atomic E-state index is 0. The van der Waals surface area contributed by atoms with Gasteiger partial charge in [-0.2, -0.15) is 0 Å². The topological polar surface area (TPSA) is 318 Å². The summed E-state index contributed by atoms with van der Waals surface area (Å²) in [4.78, 5) is 78.1. The number of aromatic amines is 3. The van der Waals surface area contributed by atoms with E-state index in [-0.39, 0.29) is 96.3 Å². The third-order valence-corrected chi connectivity index (χ3v) is 14.7. The fourth-order valence-corrected chi connectivity index (χ4v) is 10.4. The van der Waals surface area contributed by atoms with E-state index in [2.05, 4.69) is 49.9 Å². The van der Waals surface area contributed by atoms with Crippen LogP contribution in [0.1, 0.15) is 101 Å². The van der Waals surface area contributed by atoms with Gasteiger partial charge in [-0.05, 0) is 150 Å². The summed E-state index contributed by atoms with van der Waals surface area (Å²) in [5.41, 5.74) is 19.8. The number of benzene rings is 8. The van der Waals surface area contributed by atoms with Crippen molar-refractivity contribution in [2.24, 2.45) is 5.73 Å². The molecule has 0 saturated carbocycles. The molecule has 0 radical (unpaired) electrons. The van der Waals surface area contributed by atoms with Crippen molar-refractivity contribution in [3.63, 3.8) is 0 Å². The number of aliphatic carboxylic acids is 1. The molecule has 0 aliphatic carbocycles. The van der Waals surface area contributed by atoms with Crippen molar-refractivity contribution in [1.29, 1.82) is 0 Å². The van der Waals surface area contributed by atoms with E-state index in [4.69, 9.17) is 29.8 Å². The quantitative estimate of drug-likeness (QED) is 0.0132. The number of hydrogen-bond acceptors (Lipinski definition) is 11. The molecule has 3 aromatic heterocycles. The second-order valence-electron chi connectivity index (χ2n) is 21.2. The Kier molecular flexibility index (Phi) is 31.4. The number of carboxylic acids is 3. The molecular formula is C75H81KN6O13. The molecule has 0 spiro atoms. The van der Waals surface area contributed by atoms with E-state index in [1.165, 1.54) is 0 Å². The van der Waals surface area contributed by atoms with Crippen LogP contribution in [0.15, 0.2) is 206 Å². The number of hydrogen-bond donors (Lipinski definition) is 9. The number of nitrogens with one attached hydrogen (secondary N) is 5. The van der Waals surface area contributed by atoms with Crippen LogP contribution in [0.3, 0.4) is 0 Å². The van der Waals surface area contributed by atoms with Gasteiger partial charge in [-0.1, -0.05) is 177 Å². The molecule has 11 rings (SSSR count). The fraction of sp³-hybridized carbons (Fsp3) is 0.200. The zero-order valence-corrected chi connectivity index (χ0v) is 55.8. The first-order valence-electron chi connectivity index (χ1n) is 30.2. The third kappa shape index (κ3) is 22.3. The molecule has 8 aromatic carbocycles. The number of carbonyl (C=O) groups excluding carboxylic acids is 3. The molecule has 19 nitrogen and oxygen atoms in total. The van der Waals surface area contributed by atoms with Crippen LogP contribution in [0.2, 0.25) is 0 Å². The maximum absolute atomic E-state index is 12.6. The monoisotopic (exact) mass is 1310 g/mol. The second-order valence-corrected chi connectivity index (χ2v) is 21.2. The Morgan fingerprint density at radius 1 is 0.442 bits per heavy atom. The van der Waals surface area contributed by atoms with E-state index in [1.807, 2.05) is 182 Å². The second kappa shape index (κ2) is 39.2. The molecule has 11 aromatic rings. The Morgan fingerprint density at radius 2 is 0.747 bits per heavy atom. The Labute approximate surface area is 595 Å². The summed E-state index contributed by atoms with van der Waals surface area (Å²) in [6.45, 7) is 4.98. The Bertz CT molecular complexity index is 4240. The zero-order chi connectivity index (χ0) is 65.2. The van der Waals surface area contributed by atoms with E-state index < -0.39 is 30.1 Å². The molecule has 0 bridgehead atoms. The summed E-state index contributed by atoms with van der Waals surface area (Å²) in [7, 11) is 0. The number of aromatic nitrogens is 3. The Hall–Kier alpha value is -9.64. The van der Waals surface area contributed by atoms with Crippen molar-refractivity contribution >= 4 is 68.8 Å². The number of rotatable bonds is 22. The van der Waals surface area contributed by atoms with E-state index in [1.54, 1.807) is 6.92 Å². The number of alkyl carbamates (subject to hydrolysis) is 2. The van der Waals surface area contributed by atoms with Crippen LogP contribution in [-0.4, -0.2) is 98.1 Å². The number of carboxylic acid groups (broad SMARTS) is 3. The predicted octanol–water partition coefficient (Wildman–Crippen LogP) is 12.5. The number of aromatic carboxylic acids is 2. The van der Waals surface area contributed by atoms with Crippen molar-refractivity contribution in [2.45, 2.75) is 73.0 Å². The first-order valence-corrected chi connectivity index (χ1v) is 30.2. The van der Waals surface area contributed by atoms with Crippen LogP contribution in [0.25, 0.3) is 66.1 Å². The van der Waals surface area contributed by atoms with Gasteiger partial charge in [0.05, 0.1) is 6.61 Å². The summed E-state index contributed by atoms with van der Waals surface area (Å²) < 4.78 is 15.7. The number of H-pyrrole nitrogens is 3. The SMILES string of the molecule is C.CC(=O)O.CCOC(=O)c1[nH]c2ccc(-c3ccccc3)cc2c1CCCNC(=O)OCc1ccccc1.NCCCc1c(C(=O)O)[nH]c2ccc(-c3ccccc3)cc12.O=C(NCCCc1c(C(=O)O)[nH]c2ccc(-c3ccccc3)cc12)OCc1ccccc1.[HH].[K+].[OH-]. The van der Waals surface area contributed by atoms with Gasteiger partial charge in [0.1, 0.15) is 30.3 Å². The van der Waals surface area contributed by atoms with Crippen LogP contribution in [0.4, 0.5) is 9.59 Å². The van der Waals surface area contributed by atoms with E-state index in [0.717, 1.165) is 107 Å². The predicted molar refractivity (Wildman–Crippen MR) is 368 cm³/mol. The fourth-order valence-electron chi connectivity index (χ4n) is 10.4. The molecule has 0 unspecified atom stereocenters. The van der Waals surface area contributed by atoms with Gasteiger partial charge in [0.25, 0.3) is 5.97 Å². The van der Waals surface area contributed by atoms with Gasteiger partial charge in [-0.3, -0.25) is 4.79 Å². The van der Waals surface area contributed by atoms with Crippen molar-refractivity contribution in [2.75, 3.05) is 26.2 Å². The molecule has 0 aliphatic heterocycles. The molecule has 490 valence electrons. The Morgan fingerprint density at radius 3 is 1.06 bits per heavy atom. The van der Waals surface area contributed by atoms with Crippen LogP contribution in [0, 0.1) is 0 Å². The molecular weight excluding hydrogens is 1230 g/mol. The molecule has 0 aliphatic rings. The summed E-state index contributed by atoms with van der Waals surface area (Å²) in [6.07, 6.45) is 2.83. The molecule has 0 fully saturated rings. The minimum Gasteiger partial charge on any atom is -0.870 e. The van der Waals surface area contributed by atoms with E-state index in [9.17, 15) is 34.2 Å². The van der Waals surface area contributed by atoms with Gasteiger partial charge in [0.2, 0.25) is 0 Å². The average Bonchev–Trinajstić information content (AvgIpc) is 1.65. The van der Waals surface area contributed by atoms with Crippen molar-refractivity contribution in [3.8, 4) is 33.4 Å².